The molecule has 3 nitrogen and oxygen atoms in total. The fourth-order valence-corrected chi connectivity index (χ4v) is 12.2. The highest BCUT2D eigenvalue weighted by atomic mass is 15.1. The maximum Gasteiger partial charge on any atom is 0.0541 e. The van der Waals surface area contributed by atoms with Gasteiger partial charge in [0.15, 0.2) is 0 Å². The molecule has 0 amide bonds. The first-order chi connectivity index (χ1) is 36.0. The lowest BCUT2D eigenvalue weighted by atomic mass is 9.89. The summed E-state index contributed by atoms with van der Waals surface area (Å²) in [5.41, 5.74) is 17.8. The van der Waals surface area contributed by atoms with Crippen molar-refractivity contribution in [3.05, 3.63) is 260 Å². The van der Waals surface area contributed by atoms with E-state index < -0.39 is 0 Å². The van der Waals surface area contributed by atoms with Crippen LogP contribution in [-0.4, -0.2) is 9.13 Å². The molecule has 0 radical (unpaired) electrons. The third-order valence-corrected chi connectivity index (χ3v) is 15.6. The van der Waals surface area contributed by atoms with Crippen LogP contribution in [-0.2, 0) is 0 Å². The Balaban J connectivity index is 0.827. The minimum Gasteiger partial charge on any atom is -0.310 e. The Morgan fingerprint density at radius 3 is 1.15 bits per heavy atom. The summed E-state index contributed by atoms with van der Waals surface area (Å²) in [5.74, 6) is 0. The molecular formula is C70H47N3. The van der Waals surface area contributed by atoms with E-state index in [0.29, 0.717) is 0 Å². The topological polar surface area (TPSA) is 13.1 Å². The molecule has 0 spiro atoms. The van der Waals surface area contributed by atoms with Gasteiger partial charge in [0.1, 0.15) is 0 Å². The molecule has 342 valence electrons. The summed E-state index contributed by atoms with van der Waals surface area (Å²) < 4.78 is 4.78. The second-order valence-electron chi connectivity index (χ2n) is 19.8. The first kappa shape index (κ1) is 41.4. The number of fused-ring (bicyclic) bond motifs is 8. The van der Waals surface area contributed by atoms with Gasteiger partial charge < -0.3 is 14.0 Å². The van der Waals surface area contributed by atoms with Crippen LogP contribution in [0.1, 0.15) is 11.1 Å². The molecule has 3 heteroatoms. The molecule has 73 heavy (non-hydrogen) atoms. The summed E-state index contributed by atoms with van der Waals surface area (Å²) in [6.45, 7) is 4.35. The van der Waals surface area contributed by atoms with Crippen molar-refractivity contribution >= 4 is 104 Å². The predicted molar refractivity (Wildman–Crippen MR) is 311 cm³/mol. The fraction of sp³-hybridized carbons (Fsp3) is 0.0286. The minimum atomic E-state index is 1.10. The Morgan fingerprint density at radius 2 is 0.658 bits per heavy atom. The molecule has 0 saturated heterocycles. The van der Waals surface area contributed by atoms with E-state index in [4.69, 9.17) is 0 Å². The van der Waals surface area contributed by atoms with Gasteiger partial charge in [0.2, 0.25) is 0 Å². The molecule has 0 aliphatic heterocycles. The number of benzene rings is 13. The largest absolute Gasteiger partial charge is 0.310 e. The van der Waals surface area contributed by atoms with Crippen molar-refractivity contribution in [3.8, 4) is 33.6 Å². The summed E-state index contributed by atoms with van der Waals surface area (Å²) in [5, 5.41) is 15.4. The maximum atomic E-state index is 2.44. The van der Waals surface area contributed by atoms with Crippen LogP contribution in [0, 0.1) is 13.8 Å². The highest BCUT2D eigenvalue weighted by Crippen LogP contribution is 2.47. The van der Waals surface area contributed by atoms with Crippen LogP contribution in [0.2, 0.25) is 0 Å². The quantitative estimate of drug-likeness (QED) is 0.115. The van der Waals surface area contributed by atoms with Crippen molar-refractivity contribution in [2.75, 3.05) is 4.90 Å². The molecule has 15 aromatic rings. The van der Waals surface area contributed by atoms with Gasteiger partial charge in [0, 0.05) is 49.7 Å². The molecule has 0 bridgehead atoms. The molecule has 0 fully saturated rings. The van der Waals surface area contributed by atoms with Crippen molar-refractivity contribution in [3.63, 3.8) is 0 Å². The fourth-order valence-electron chi connectivity index (χ4n) is 12.2. The van der Waals surface area contributed by atoms with Gasteiger partial charge in [-0.2, -0.15) is 0 Å². The van der Waals surface area contributed by atoms with Crippen molar-refractivity contribution in [1.82, 2.24) is 9.13 Å². The second-order valence-corrected chi connectivity index (χ2v) is 19.8. The molecule has 13 aromatic carbocycles. The Kier molecular flexibility index (Phi) is 9.09. The average Bonchev–Trinajstić information content (AvgIpc) is 3.95. The summed E-state index contributed by atoms with van der Waals surface area (Å²) in [4.78, 5) is 2.44. The van der Waals surface area contributed by atoms with Crippen molar-refractivity contribution in [2.24, 2.45) is 0 Å². The van der Waals surface area contributed by atoms with E-state index in [9.17, 15) is 0 Å². The van der Waals surface area contributed by atoms with Gasteiger partial charge in [0.25, 0.3) is 0 Å². The smallest absolute Gasteiger partial charge is 0.0541 e. The molecule has 0 atom stereocenters. The zero-order chi connectivity index (χ0) is 48.3. The third kappa shape index (κ3) is 6.39. The molecule has 0 aliphatic rings. The molecule has 2 heterocycles. The molecule has 0 N–H and O–H groups in total. The standard InChI is InChI=1S/C70H47N3/c1-44-20-39-67-62(42-44)63-43-45(2)21-40-68(63)73(67)54-36-28-49(29-37-54)47-24-32-52(33-25-47)71(66-41-38-60-58-15-8-11-50-10-7-14-57(69(50)58)59-16-9-17-61(66)70(59)60)51-30-22-46(23-31-51)48-26-34-53(35-27-48)72-64-18-5-3-12-55(64)56-13-4-6-19-65(56)72/h3-43H,1-2H3. The Labute approximate surface area is 423 Å². The van der Waals surface area contributed by atoms with Crippen LogP contribution in [0.25, 0.3) is 120 Å². The van der Waals surface area contributed by atoms with Crippen LogP contribution < -0.4 is 4.90 Å². The predicted octanol–water partition coefficient (Wildman–Crippen LogP) is 19.4. The summed E-state index contributed by atoms with van der Waals surface area (Å²) in [6.07, 6.45) is 0. The van der Waals surface area contributed by atoms with E-state index >= 15 is 0 Å². The number of hydrogen-bond acceptors (Lipinski definition) is 1. The highest BCUT2D eigenvalue weighted by molar-refractivity contribution is 6.34. The van der Waals surface area contributed by atoms with Crippen molar-refractivity contribution < 1.29 is 0 Å². The summed E-state index contributed by atoms with van der Waals surface area (Å²) in [7, 11) is 0. The van der Waals surface area contributed by atoms with Gasteiger partial charge in [-0.3, -0.25) is 0 Å². The lowest BCUT2D eigenvalue weighted by Gasteiger charge is -2.28. The van der Waals surface area contributed by atoms with Crippen LogP contribution in [0.15, 0.2) is 249 Å². The monoisotopic (exact) mass is 929 g/mol. The highest BCUT2D eigenvalue weighted by Gasteiger charge is 2.21. The van der Waals surface area contributed by atoms with Gasteiger partial charge in [-0.1, -0.05) is 169 Å². The molecule has 15 rings (SSSR count). The van der Waals surface area contributed by atoms with E-state index in [1.165, 1.54) is 120 Å². The number of rotatable bonds is 7. The van der Waals surface area contributed by atoms with Crippen LogP contribution in [0.3, 0.4) is 0 Å². The van der Waals surface area contributed by atoms with Gasteiger partial charge in [-0.05, 0) is 165 Å². The minimum absolute atomic E-state index is 1.10. The Bertz CT molecular complexity index is 4490. The van der Waals surface area contributed by atoms with E-state index in [0.717, 1.165) is 28.4 Å². The zero-order valence-corrected chi connectivity index (χ0v) is 40.5. The van der Waals surface area contributed by atoms with E-state index in [1.54, 1.807) is 0 Å². The number of hydrogen-bond donors (Lipinski definition) is 0. The lowest BCUT2D eigenvalue weighted by molar-refractivity contribution is 1.18. The first-order valence-corrected chi connectivity index (χ1v) is 25.3. The Morgan fingerprint density at radius 1 is 0.274 bits per heavy atom. The molecule has 0 unspecified atom stereocenters. The maximum absolute atomic E-state index is 2.44. The number of aromatic nitrogens is 2. The van der Waals surface area contributed by atoms with Crippen molar-refractivity contribution in [2.45, 2.75) is 13.8 Å². The van der Waals surface area contributed by atoms with Crippen LogP contribution in [0.5, 0.6) is 0 Å². The summed E-state index contributed by atoms with van der Waals surface area (Å²) in [6, 6.07) is 92.3. The van der Waals surface area contributed by atoms with Gasteiger partial charge >= 0.3 is 0 Å². The normalized spacial score (nSPS) is 12.0. The average molecular weight is 930 g/mol. The van der Waals surface area contributed by atoms with Crippen LogP contribution >= 0.6 is 0 Å². The second kappa shape index (κ2) is 16.0. The van der Waals surface area contributed by atoms with E-state index in [1.807, 2.05) is 0 Å². The van der Waals surface area contributed by atoms with Crippen LogP contribution in [0.4, 0.5) is 17.1 Å². The SMILES string of the molecule is Cc1ccc2c(c1)c1cc(C)ccc1n2-c1ccc(-c2ccc(N(c3ccc(-c4ccc(-n5c6ccccc6c6ccccc65)cc4)cc3)c3ccc4c5cccc6cccc(c7cccc3c74)c65)cc2)cc1. The first-order valence-electron chi connectivity index (χ1n) is 25.3. The van der Waals surface area contributed by atoms with Gasteiger partial charge in [-0.15, -0.1) is 0 Å². The van der Waals surface area contributed by atoms with Gasteiger partial charge in [-0.25, -0.2) is 0 Å². The third-order valence-electron chi connectivity index (χ3n) is 15.6. The molecule has 2 aromatic heterocycles. The van der Waals surface area contributed by atoms with Crippen molar-refractivity contribution in [1.29, 1.82) is 0 Å². The molecule has 0 saturated carbocycles. The van der Waals surface area contributed by atoms with Gasteiger partial charge in [0.05, 0.1) is 27.8 Å². The molecular weight excluding hydrogens is 883 g/mol. The number of anilines is 3. The number of aryl methyl sites for hydroxylation is 2. The summed E-state index contributed by atoms with van der Waals surface area (Å²) >= 11 is 0. The number of para-hydroxylation sites is 2. The Hall–Kier alpha value is -9.44. The van der Waals surface area contributed by atoms with E-state index in [2.05, 4.69) is 277 Å². The van der Waals surface area contributed by atoms with E-state index in [-0.39, 0.29) is 0 Å². The number of nitrogens with zero attached hydrogens (tertiary/aromatic N) is 3. The zero-order valence-electron chi connectivity index (χ0n) is 40.5. The molecule has 0 aliphatic carbocycles. The lowest BCUT2D eigenvalue weighted by Crippen LogP contribution is -2.10.